The number of benzene rings is 8. The SMILES string of the molecule is c1ccc(-c2ccc(-c3nc(-c4ccccc4)nc(-c4ccc(-c5ccc6c(c5)Sc5cccc7c8c9ccccc9n(-c9ccccc9)c8n-6c57)cc4)n3)cc2)cc1. The van der Waals surface area contributed by atoms with Crippen LogP contribution in [0.4, 0.5) is 0 Å². The molecule has 1 aliphatic rings. The summed E-state index contributed by atoms with van der Waals surface area (Å²) in [7, 11) is 0. The van der Waals surface area contributed by atoms with Gasteiger partial charge in [-0.1, -0.05) is 176 Å². The van der Waals surface area contributed by atoms with Crippen molar-refractivity contribution in [3.8, 4) is 67.8 Å². The van der Waals surface area contributed by atoms with Crippen molar-refractivity contribution in [2.45, 2.75) is 9.79 Å². The molecule has 0 unspecified atom stereocenters. The molecule has 0 aliphatic carbocycles. The summed E-state index contributed by atoms with van der Waals surface area (Å²) in [5.41, 5.74) is 13.4. The fourth-order valence-electron chi connectivity index (χ4n) is 8.60. The summed E-state index contributed by atoms with van der Waals surface area (Å²) in [6.07, 6.45) is 0. The van der Waals surface area contributed by atoms with Crippen molar-refractivity contribution in [3.05, 3.63) is 200 Å². The van der Waals surface area contributed by atoms with E-state index < -0.39 is 0 Å². The Labute approximate surface area is 344 Å². The Morgan fingerprint density at radius 3 is 1.51 bits per heavy atom. The zero-order valence-electron chi connectivity index (χ0n) is 31.7. The Hall–Kier alpha value is -7.54. The van der Waals surface area contributed by atoms with E-state index in [9.17, 15) is 0 Å². The van der Waals surface area contributed by atoms with Crippen LogP contribution in [0.5, 0.6) is 0 Å². The molecule has 276 valence electrons. The van der Waals surface area contributed by atoms with Gasteiger partial charge in [-0.2, -0.15) is 0 Å². The lowest BCUT2D eigenvalue weighted by Crippen LogP contribution is -2.05. The highest BCUT2D eigenvalue weighted by atomic mass is 32.2. The normalized spacial score (nSPS) is 12.0. The Kier molecular flexibility index (Phi) is 7.71. The molecule has 0 spiro atoms. The maximum absolute atomic E-state index is 5.04. The highest BCUT2D eigenvalue weighted by Crippen LogP contribution is 2.50. The number of para-hydroxylation sites is 3. The molecule has 0 radical (unpaired) electrons. The van der Waals surface area contributed by atoms with Crippen LogP contribution in [0, 0.1) is 0 Å². The zero-order chi connectivity index (χ0) is 38.9. The van der Waals surface area contributed by atoms with Gasteiger partial charge < -0.3 is 0 Å². The van der Waals surface area contributed by atoms with Gasteiger partial charge in [-0.05, 0) is 58.7 Å². The van der Waals surface area contributed by atoms with Crippen molar-refractivity contribution in [2.24, 2.45) is 0 Å². The van der Waals surface area contributed by atoms with Crippen LogP contribution >= 0.6 is 11.8 Å². The van der Waals surface area contributed by atoms with Crippen LogP contribution in [-0.4, -0.2) is 24.1 Å². The molecule has 0 amide bonds. The van der Waals surface area contributed by atoms with Crippen LogP contribution in [-0.2, 0) is 0 Å². The van der Waals surface area contributed by atoms with Gasteiger partial charge in [0.2, 0.25) is 0 Å². The maximum atomic E-state index is 5.04. The smallest absolute Gasteiger partial charge is 0.164 e. The first-order valence-corrected chi connectivity index (χ1v) is 20.6. The Morgan fingerprint density at radius 1 is 0.356 bits per heavy atom. The molecule has 0 fully saturated rings. The third kappa shape index (κ3) is 5.52. The van der Waals surface area contributed by atoms with Gasteiger partial charge in [-0.3, -0.25) is 9.13 Å². The number of fused-ring (bicyclic) bond motifs is 7. The van der Waals surface area contributed by atoms with Crippen molar-refractivity contribution < 1.29 is 0 Å². The van der Waals surface area contributed by atoms with Crippen molar-refractivity contribution >= 4 is 44.6 Å². The van der Waals surface area contributed by atoms with E-state index in [4.69, 9.17) is 15.0 Å². The largest absolute Gasteiger partial charge is 0.295 e. The van der Waals surface area contributed by atoms with Gasteiger partial charge in [0.1, 0.15) is 5.65 Å². The molecular weight excluding hydrogens is 739 g/mol. The van der Waals surface area contributed by atoms with Crippen LogP contribution in [0.25, 0.3) is 101 Å². The van der Waals surface area contributed by atoms with Crippen molar-refractivity contribution in [3.63, 3.8) is 0 Å². The number of nitrogens with zero attached hydrogens (tertiary/aromatic N) is 5. The molecule has 0 saturated heterocycles. The van der Waals surface area contributed by atoms with Gasteiger partial charge in [0.25, 0.3) is 0 Å². The topological polar surface area (TPSA) is 48.5 Å². The summed E-state index contributed by atoms with van der Waals surface area (Å²) < 4.78 is 4.92. The van der Waals surface area contributed by atoms with E-state index in [-0.39, 0.29) is 0 Å². The molecular formula is C53H33N5S. The third-order valence-electron chi connectivity index (χ3n) is 11.4. The van der Waals surface area contributed by atoms with Gasteiger partial charge in [0.15, 0.2) is 17.5 Å². The second-order valence-corrected chi connectivity index (χ2v) is 15.9. The summed E-state index contributed by atoms with van der Waals surface area (Å²) >= 11 is 1.85. The Balaban J connectivity index is 0.941. The minimum atomic E-state index is 0.639. The van der Waals surface area contributed by atoms with Gasteiger partial charge in [0, 0.05) is 48.3 Å². The molecule has 6 heteroatoms. The highest BCUT2D eigenvalue weighted by molar-refractivity contribution is 7.99. The molecule has 4 heterocycles. The van der Waals surface area contributed by atoms with E-state index >= 15 is 0 Å². The first kappa shape index (κ1) is 33.6. The molecule has 59 heavy (non-hydrogen) atoms. The third-order valence-corrected chi connectivity index (χ3v) is 12.5. The Morgan fingerprint density at radius 2 is 0.847 bits per heavy atom. The molecule has 0 atom stereocenters. The van der Waals surface area contributed by atoms with Crippen LogP contribution in [0.2, 0.25) is 0 Å². The highest BCUT2D eigenvalue weighted by Gasteiger charge is 2.28. The molecule has 1 aliphatic heterocycles. The van der Waals surface area contributed by atoms with Gasteiger partial charge in [-0.15, -0.1) is 0 Å². The molecule has 8 aromatic carbocycles. The molecule has 11 aromatic rings. The predicted molar refractivity (Wildman–Crippen MR) is 242 cm³/mol. The van der Waals surface area contributed by atoms with Gasteiger partial charge in [-0.25, -0.2) is 15.0 Å². The minimum Gasteiger partial charge on any atom is -0.295 e. The van der Waals surface area contributed by atoms with E-state index in [1.807, 2.05) is 48.2 Å². The second kappa shape index (κ2) is 13.5. The van der Waals surface area contributed by atoms with Crippen LogP contribution < -0.4 is 0 Å². The van der Waals surface area contributed by atoms with Crippen molar-refractivity contribution in [2.75, 3.05) is 0 Å². The standard InChI is InChI=1S/C53H33N5S/c1-4-13-34(14-5-1)35-23-27-38(28-24-35)51-54-50(37-15-6-2-7-16-37)55-52(56-51)39-29-25-36(26-30-39)40-31-32-45-47(33-40)59-46-22-12-20-43-48-42-19-10-11-21-44(42)57(41-17-8-3-9-18-41)53(48)58(45)49(43)46/h1-33H. The van der Waals surface area contributed by atoms with E-state index in [1.54, 1.807) is 0 Å². The summed E-state index contributed by atoms with van der Waals surface area (Å²) in [6.45, 7) is 0. The predicted octanol–water partition coefficient (Wildman–Crippen LogP) is 13.7. The molecule has 0 bridgehead atoms. The average molecular weight is 772 g/mol. The number of hydrogen-bond donors (Lipinski definition) is 0. The minimum absolute atomic E-state index is 0.639. The fourth-order valence-corrected chi connectivity index (χ4v) is 9.73. The molecule has 0 saturated carbocycles. The lowest BCUT2D eigenvalue weighted by molar-refractivity contribution is 1.03. The second-order valence-electron chi connectivity index (χ2n) is 14.9. The maximum Gasteiger partial charge on any atom is 0.164 e. The molecule has 3 aromatic heterocycles. The monoisotopic (exact) mass is 771 g/mol. The zero-order valence-corrected chi connectivity index (χ0v) is 32.5. The van der Waals surface area contributed by atoms with Crippen molar-refractivity contribution in [1.29, 1.82) is 0 Å². The molecule has 5 nitrogen and oxygen atoms in total. The van der Waals surface area contributed by atoms with Crippen LogP contribution in [0.1, 0.15) is 0 Å². The first-order valence-electron chi connectivity index (χ1n) is 19.8. The molecule has 0 N–H and O–H groups in total. The van der Waals surface area contributed by atoms with Crippen molar-refractivity contribution in [1.82, 2.24) is 24.1 Å². The fraction of sp³-hybridized carbons (Fsp3) is 0. The lowest BCUT2D eigenvalue weighted by Gasteiger charge is -2.22. The first-order chi connectivity index (χ1) is 29.2. The lowest BCUT2D eigenvalue weighted by atomic mass is 10.0. The summed E-state index contributed by atoms with van der Waals surface area (Å²) in [6, 6.07) is 70.7. The summed E-state index contributed by atoms with van der Waals surface area (Å²) in [5, 5.41) is 3.83. The van der Waals surface area contributed by atoms with Gasteiger partial charge >= 0.3 is 0 Å². The number of hydrogen-bond acceptors (Lipinski definition) is 4. The van der Waals surface area contributed by atoms with E-state index in [0.717, 1.165) is 39.1 Å². The summed E-state index contributed by atoms with van der Waals surface area (Å²) in [5.74, 6) is 1.93. The average Bonchev–Trinajstić information content (AvgIpc) is 3.84. The van der Waals surface area contributed by atoms with Crippen LogP contribution in [0.3, 0.4) is 0 Å². The summed E-state index contributed by atoms with van der Waals surface area (Å²) in [4.78, 5) is 17.5. The van der Waals surface area contributed by atoms with Gasteiger partial charge in [0.05, 0.1) is 16.7 Å². The van der Waals surface area contributed by atoms with E-state index in [1.165, 1.54) is 53.9 Å². The number of aromatic nitrogens is 5. The number of rotatable bonds is 6. The van der Waals surface area contributed by atoms with E-state index in [2.05, 4.69) is 173 Å². The van der Waals surface area contributed by atoms with E-state index in [0.29, 0.717) is 17.5 Å². The molecule has 12 rings (SSSR count). The van der Waals surface area contributed by atoms with Crippen LogP contribution in [0.15, 0.2) is 210 Å². The quantitative estimate of drug-likeness (QED) is 0.169. The Bertz CT molecular complexity index is 3370.